The Labute approximate surface area is 199 Å². The number of hydrogen-bond acceptors (Lipinski definition) is 7. The van der Waals surface area contributed by atoms with Gasteiger partial charge in [0.2, 0.25) is 5.91 Å². The Kier molecular flexibility index (Phi) is 6.01. The molecule has 32 heavy (non-hydrogen) atoms. The molecule has 0 spiro atoms. The molecule has 3 heterocycles. The Morgan fingerprint density at radius 1 is 1.16 bits per heavy atom. The maximum Gasteiger partial charge on any atom is 0.230 e. The molecular formula is C24H24N4OS3. The van der Waals surface area contributed by atoms with Gasteiger partial charge >= 0.3 is 0 Å². The van der Waals surface area contributed by atoms with E-state index >= 15 is 0 Å². The zero-order valence-electron chi connectivity index (χ0n) is 18.3. The van der Waals surface area contributed by atoms with Crippen LogP contribution in [0.5, 0.6) is 0 Å². The maximum absolute atomic E-state index is 12.5. The largest absolute Gasteiger partial charge is 0.274 e. The highest BCUT2D eigenvalue weighted by Crippen LogP contribution is 2.40. The monoisotopic (exact) mass is 480 g/mol. The molecule has 164 valence electrons. The van der Waals surface area contributed by atoms with Crippen LogP contribution >= 0.6 is 34.4 Å². The second-order valence-electron chi connectivity index (χ2n) is 8.10. The third-order valence-corrected chi connectivity index (χ3v) is 8.97. The summed E-state index contributed by atoms with van der Waals surface area (Å²) in [5.74, 6) is 0.676. The zero-order chi connectivity index (χ0) is 22.2. The number of hydrogen-bond donors (Lipinski definition) is 0. The first-order valence-electron chi connectivity index (χ1n) is 10.7. The summed E-state index contributed by atoms with van der Waals surface area (Å²) in [7, 11) is 0. The molecule has 0 saturated carbocycles. The van der Waals surface area contributed by atoms with Crippen LogP contribution in [0.3, 0.4) is 0 Å². The number of benzene rings is 1. The van der Waals surface area contributed by atoms with Gasteiger partial charge in [-0.1, -0.05) is 17.8 Å². The van der Waals surface area contributed by atoms with Gasteiger partial charge in [0.1, 0.15) is 16.2 Å². The highest BCUT2D eigenvalue weighted by atomic mass is 32.2. The minimum absolute atomic E-state index is 0.0378. The van der Waals surface area contributed by atoms with E-state index in [9.17, 15) is 4.79 Å². The lowest BCUT2D eigenvalue weighted by atomic mass is 9.97. The molecule has 0 bridgehead atoms. The second-order valence-corrected chi connectivity index (χ2v) is 11.0. The van der Waals surface area contributed by atoms with Crippen molar-refractivity contribution in [3.05, 3.63) is 57.2 Å². The first-order valence-corrected chi connectivity index (χ1v) is 13.4. The maximum atomic E-state index is 12.5. The van der Waals surface area contributed by atoms with E-state index in [1.165, 1.54) is 45.6 Å². The Morgan fingerprint density at radius 3 is 2.81 bits per heavy atom. The standard InChI is InChI=1S/C24H24N4OS3/c1-14-8-9-18(10-15(14)2)28(16(3)29)24-27-17(12-31-24)11-30-22-21-19-6-4-5-7-20(19)32-23(21)26-13-25-22/h8-10,12-13H,4-7,11H2,1-3H3. The van der Waals surface area contributed by atoms with Gasteiger partial charge in [0.05, 0.1) is 11.4 Å². The van der Waals surface area contributed by atoms with Crippen LogP contribution in [-0.2, 0) is 23.4 Å². The molecule has 0 atom stereocenters. The van der Waals surface area contributed by atoms with E-state index in [4.69, 9.17) is 4.98 Å². The van der Waals surface area contributed by atoms with E-state index in [0.717, 1.165) is 39.6 Å². The van der Waals surface area contributed by atoms with Gasteiger partial charge in [0, 0.05) is 28.3 Å². The van der Waals surface area contributed by atoms with Gasteiger partial charge in [-0.2, -0.15) is 0 Å². The van der Waals surface area contributed by atoms with E-state index in [2.05, 4.69) is 23.8 Å². The molecule has 1 aromatic carbocycles. The van der Waals surface area contributed by atoms with E-state index in [1.54, 1.807) is 29.9 Å². The molecule has 3 aromatic heterocycles. The van der Waals surface area contributed by atoms with Gasteiger partial charge in [0.15, 0.2) is 5.13 Å². The van der Waals surface area contributed by atoms with Crippen LogP contribution in [0.4, 0.5) is 10.8 Å². The molecule has 1 amide bonds. The molecule has 0 unspecified atom stereocenters. The highest BCUT2D eigenvalue weighted by Gasteiger charge is 2.21. The van der Waals surface area contributed by atoms with Gasteiger partial charge in [-0.05, 0) is 68.4 Å². The molecule has 4 aromatic rings. The Bertz CT molecular complexity index is 1310. The predicted octanol–water partition coefficient (Wildman–Crippen LogP) is 6.62. The lowest BCUT2D eigenvalue weighted by molar-refractivity contribution is -0.115. The van der Waals surface area contributed by atoms with Gasteiger partial charge in [-0.15, -0.1) is 22.7 Å². The number of carbonyl (C=O) groups excluding carboxylic acids is 1. The van der Waals surface area contributed by atoms with Gasteiger partial charge in [-0.3, -0.25) is 9.69 Å². The zero-order valence-corrected chi connectivity index (χ0v) is 20.8. The van der Waals surface area contributed by atoms with Crippen molar-refractivity contribution in [2.24, 2.45) is 0 Å². The van der Waals surface area contributed by atoms with Crippen molar-refractivity contribution in [1.82, 2.24) is 15.0 Å². The van der Waals surface area contributed by atoms with Crippen molar-refractivity contribution < 1.29 is 4.79 Å². The van der Waals surface area contributed by atoms with Gasteiger partial charge in [0.25, 0.3) is 0 Å². The summed E-state index contributed by atoms with van der Waals surface area (Å²) in [5, 5.41) is 5.03. The third-order valence-electron chi connectivity index (χ3n) is 5.87. The topological polar surface area (TPSA) is 59.0 Å². The van der Waals surface area contributed by atoms with E-state index in [1.807, 2.05) is 34.9 Å². The number of nitrogens with zero attached hydrogens (tertiary/aromatic N) is 4. The summed E-state index contributed by atoms with van der Waals surface area (Å²) >= 11 is 5.04. The quantitative estimate of drug-likeness (QED) is 0.237. The van der Waals surface area contributed by atoms with E-state index < -0.39 is 0 Å². The first-order chi connectivity index (χ1) is 15.5. The molecule has 5 rings (SSSR count). The summed E-state index contributed by atoms with van der Waals surface area (Å²) < 4.78 is 0. The normalized spacial score (nSPS) is 13.3. The SMILES string of the molecule is CC(=O)N(c1ccc(C)c(C)c1)c1nc(CSc2ncnc3sc4c(c23)CCCC4)cs1. The average molecular weight is 481 g/mol. The number of anilines is 2. The Balaban J connectivity index is 1.39. The lowest BCUT2D eigenvalue weighted by Crippen LogP contribution is -2.22. The molecule has 0 aliphatic heterocycles. The van der Waals surface area contributed by atoms with Gasteiger partial charge < -0.3 is 0 Å². The lowest BCUT2D eigenvalue weighted by Gasteiger charge is -2.19. The fourth-order valence-corrected chi connectivity index (χ4v) is 7.27. The smallest absolute Gasteiger partial charge is 0.230 e. The number of aromatic nitrogens is 3. The minimum Gasteiger partial charge on any atom is -0.274 e. The number of aryl methyl sites for hydroxylation is 4. The van der Waals surface area contributed by atoms with Crippen LogP contribution in [0.25, 0.3) is 10.2 Å². The molecule has 0 N–H and O–H groups in total. The molecule has 0 radical (unpaired) electrons. The number of carbonyl (C=O) groups is 1. The summed E-state index contributed by atoms with van der Waals surface area (Å²) in [5.41, 5.74) is 5.64. The fraction of sp³-hybridized carbons (Fsp3) is 0.333. The van der Waals surface area contributed by atoms with Crippen LogP contribution in [-0.4, -0.2) is 20.9 Å². The number of thioether (sulfide) groups is 1. The van der Waals surface area contributed by atoms with Crippen molar-refractivity contribution in [1.29, 1.82) is 0 Å². The molecule has 5 nitrogen and oxygen atoms in total. The molecule has 8 heteroatoms. The summed E-state index contributed by atoms with van der Waals surface area (Å²) in [6.07, 6.45) is 6.48. The van der Waals surface area contributed by atoms with Crippen LogP contribution < -0.4 is 4.90 Å². The van der Waals surface area contributed by atoms with Crippen LogP contribution in [0.15, 0.2) is 34.9 Å². The van der Waals surface area contributed by atoms with Crippen LogP contribution in [0.2, 0.25) is 0 Å². The molecule has 0 fully saturated rings. The molecule has 0 saturated heterocycles. The molecular weight excluding hydrogens is 456 g/mol. The average Bonchev–Trinajstić information content (AvgIpc) is 3.39. The first kappa shape index (κ1) is 21.6. The minimum atomic E-state index is -0.0378. The highest BCUT2D eigenvalue weighted by molar-refractivity contribution is 7.98. The second kappa shape index (κ2) is 8.92. The van der Waals surface area contributed by atoms with Crippen molar-refractivity contribution in [3.63, 3.8) is 0 Å². The number of fused-ring (bicyclic) bond motifs is 3. The van der Waals surface area contributed by atoms with E-state index in [-0.39, 0.29) is 5.91 Å². The van der Waals surface area contributed by atoms with Crippen molar-refractivity contribution >= 4 is 61.4 Å². The number of amides is 1. The number of thiophene rings is 1. The number of rotatable bonds is 5. The van der Waals surface area contributed by atoms with Crippen molar-refractivity contribution in [2.45, 2.75) is 57.2 Å². The van der Waals surface area contributed by atoms with Crippen molar-refractivity contribution in [2.75, 3.05) is 4.90 Å². The predicted molar refractivity (Wildman–Crippen MR) is 134 cm³/mol. The fourth-order valence-electron chi connectivity index (χ4n) is 4.07. The summed E-state index contributed by atoms with van der Waals surface area (Å²) in [6.45, 7) is 5.72. The summed E-state index contributed by atoms with van der Waals surface area (Å²) in [4.78, 5) is 30.7. The van der Waals surface area contributed by atoms with Crippen molar-refractivity contribution in [3.8, 4) is 0 Å². The van der Waals surface area contributed by atoms with Crippen LogP contribution in [0.1, 0.15) is 47.0 Å². The molecule has 1 aliphatic rings. The van der Waals surface area contributed by atoms with E-state index in [0.29, 0.717) is 10.9 Å². The van der Waals surface area contributed by atoms with Gasteiger partial charge in [-0.25, -0.2) is 15.0 Å². The van der Waals surface area contributed by atoms with Crippen LogP contribution in [0, 0.1) is 13.8 Å². The Morgan fingerprint density at radius 2 is 2.00 bits per heavy atom. The Hall–Kier alpha value is -2.29. The molecule has 1 aliphatic carbocycles. The number of thiazole rings is 1. The third kappa shape index (κ3) is 4.07. The summed E-state index contributed by atoms with van der Waals surface area (Å²) in [6, 6.07) is 6.08.